The first-order valence-electron chi connectivity index (χ1n) is 13.7. The highest BCUT2D eigenvalue weighted by atomic mass is 35.5. The van der Waals surface area contributed by atoms with Crippen LogP contribution in [0.25, 0.3) is 0 Å². The maximum atomic E-state index is 13.3. The number of esters is 1. The van der Waals surface area contributed by atoms with Crippen LogP contribution in [0.5, 0.6) is 0 Å². The molecule has 0 saturated heterocycles. The summed E-state index contributed by atoms with van der Waals surface area (Å²) in [6.07, 6.45) is 5.23. The molecule has 1 atom stereocenters. The molecule has 1 aromatic heterocycles. The minimum atomic E-state index is -0.720. The quantitative estimate of drug-likeness (QED) is 0.243. The van der Waals surface area contributed by atoms with E-state index in [1.807, 2.05) is 66.1 Å². The van der Waals surface area contributed by atoms with E-state index in [0.717, 1.165) is 54.6 Å². The Bertz CT molecular complexity index is 1190. The van der Waals surface area contributed by atoms with Gasteiger partial charge in [0.1, 0.15) is 11.9 Å². The van der Waals surface area contributed by atoms with Crippen LogP contribution in [0, 0.1) is 0 Å². The maximum absolute atomic E-state index is 13.3. The Morgan fingerprint density at radius 2 is 1.67 bits per heavy atom. The van der Waals surface area contributed by atoms with E-state index in [4.69, 9.17) is 16.3 Å². The molecule has 8 heteroatoms. The average molecular weight is 554 g/mol. The van der Waals surface area contributed by atoms with Crippen molar-refractivity contribution in [2.45, 2.75) is 84.5 Å². The first-order chi connectivity index (χ1) is 18.9. The molecule has 0 radical (unpaired) electrons. The summed E-state index contributed by atoms with van der Waals surface area (Å²) in [7, 11) is 1.36. The third-order valence-corrected chi connectivity index (χ3v) is 7.21. The monoisotopic (exact) mass is 553 g/mol. The van der Waals surface area contributed by atoms with Crippen LogP contribution in [0.2, 0.25) is 5.15 Å². The third-order valence-electron chi connectivity index (χ3n) is 6.91. The number of methoxy groups -OCH3 is 1. The Morgan fingerprint density at radius 1 is 1.00 bits per heavy atom. The van der Waals surface area contributed by atoms with Crippen molar-refractivity contribution in [2.24, 2.45) is 0 Å². The van der Waals surface area contributed by atoms with Crippen LogP contribution in [-0.4, -0.2) is 44.6 Å². The van der Waals surface area contributed by atoms with Gasteiger partial charge in [-0.15, -0.1) is 0 Å². The molecule has 0 saturated carbocycles. The molecule has 3 rings (SSSR count). The number of aromatic nitrogens is 2. The number of benzene rings is 2. The number of rotatable bonds is 15. The van der Waals surface area contributed by atoms with E-state index < -0.39 is 12.0 Å². The van der Waals surface area contributed by atoms with Gasteiger partial charge in [-0.3, -0.25) is 4.79 Å². The normalized spacial score (nSPS) is 11.8. The second kappa shape index (κ2) is 15.4. The SMILES string of the molecule is CCCCC(=O)N(Cc1ccc(Cn2c(CCCC)nc(Cl)c2CO)cc1)C(Cc1ccccc1)C(=O)OC. The zero-order valence-corrected chi connectivity index (χ0v) is 24.0. The van der Waals surface area contributed by atoms with E-state index in [1.165, 1.54) is 7.11 Å². The number of hydrogen-bond acceptors (Lipinski definition) is 5. The number of aryl methyl sites for hydroxylation is 1. The van der Waals surface area contributed by atoms with Gasteiger partial charge in [0.05, 0.1) is 19.4 Å². The summed E-state index contributed by atoms with van der Waals surface area (Å²) in [4.78, 5) is 32.4. The molecule has 1 amide bonds. The smallest absolute Gasteiger partial charge is 0.328 e. The molecular formula is C31H40ClN3O4. The minimum absolute atomic E-state index is 0.0616. The zero-order chi connectivity index (χ0) is 28.2. The number of ether oxygens (including phenoxy) is 1. The van der Waals surface area contributed by atoms with Crippen LogP contribution >= 0.6 is 11.6 Å². The summed E-state index contributed by atoms with van der Waals surface area (Å²) in [6, 6.07) is 16.9. The summed E-state index contributed by atoms with van der Waals surface area (Å²) < 4.78 is 7.12. The Hall–Kier alpha value is -3.16. The number of unbranched alkanes of at least 4 members (excludes halogenated alkanes) is 2. The van der Waals surface area contributed by atoms with Crippen LogP contribution in [0.4, 0.5) is 0 Å². The lowest BCUT2D eigenvalue weighted by Crippen LogP contribution is -2.46. The van der Waals surface area contributed by atoms with E-state index in [-0.39, 0.29) is 12.5 Å². The molecule has 1 unspecified atom stereocenters. The van der Waals surface area contributed by atoms with Crippen molar-refractivity contribution in [3.8, 4) is 0 Å². The fraction of sp³-hybridized carbons (Fsp3) is 0.452. The fourth-order valence-corrected chi connectivity index (χ4v) is 4.90. The average Bonchev–Trinajstić information content (AvgIpc) is 3.26. The van der Waals surface area contributed by atoms with Gasteiger partial charge in [-0.2, -0.15) is 0 Å². The van der Waals surface area contributed by atoms with Crippen molar-refractivity contribution in [2.75, 3.05) is 7.11 Å². The van der Waals surface area contributed by atoms with Crippen molar-refractivity contribution in [1.29, 1.82) is 0 Å². The summed E-state index contributed by atoms with van der Waals surface area (Å²) >= 11 is 6.30. The third kappa shape index (κ3) is 8.41. The van der Waals surface area contributed by atoms with E-state index in [1.54, 1.807) is 4.90 Å². The number of hydrogen-bond donors (Lipinski definition) is 1. The molecule has 0 spiro atoms. The Morgan fingerprint density at radius 3 is 2.28 bits per heavy atom. The molecular weight excluding hydrogens is 514 g/mol. The number of halogens is 1. The van der Waals surface area contributed by atoms with Crippen molar-refractivity contribution < 1.29 is 19.4 Å². The minimum Gasteiger partial charge on any atom is -0.467 e. The van der Waals surface area contributed by atoms with Gasteiger partial charge in [-0.1, -0.05) is 92.9 Å². The highest BCUT2D eigenvalue weighted by molar-refractivity contribution is 6.30. The number of aliphatic hydroxyl groups is 1. The molecule has 1 N–H and O–H groups in total. The van der Waals surface area contributed by atoms with Gasteiger partial charge in [-0.25, -0.2) is 9.78 Å². The van der Waals surface area contributed by atoms with E-state index in [2.05, 4.69) is 11.9 Å². The molecule has 0 aliphatic carbocycles. The standard InChI is InChI=1S/C31H40ClN3O4/c1-4-6-13-28-33-30(32)27(22-36)34(28)20-24-15-17-25(18-16-24)21-35(29(37)14-7-5-2)26(31(38)39-3)19-23-11-9-8-10-12-23/h8-12,15-18,26,36H,4-7,13-14,19-22H2,1-3H3. The molecule has 0 bridgehead atoms. The number of carbonyl (C=O) groups is 2. The molecule has 3 aromatic rings. The number of amides is 1. The van der Waals surface area contributed by atoms with Crippen LogP contribution in [0.3, 0.4) is 0 Å². The predicted molar refractivity (Wildman–Crippen MR) is 153 cm³/mol. The van der Waals surface area contributed by atoms with Crippen LogP contribution in [-0.2, 0) is 46.9 Å². The second-order valence-corrected chi connectivity index (χ2v) is 10.1. The van der Waals surface area contributed by atoms with E-state index >= 15 is 0 Å². The Balaban J connectivity index is 1.84. The van der Waals surface area contributed by atoms with Gasteiger partial charge < -0.3 is 19.3 Å². The first-order valence-corrected chi connectivity index (χ1v) is 14.1. The molecule has 7 nitrogen and oxygen atoms in total. The highest BCUT2D eigenvalue weighted by Gasteiger charge is 2.30. The Labute approximate surface area is 236 Å². The molecule has 39 heavy (non-hydrogen) atoms. The van der Waals surface area contributed by atoms with Crippen LogP contribution < -0.4 is 0 Å². The summed E-state index contributed by atoms with van der Waals surface area (Å²) in [5, 5.41) is 10.2. The van der Waals surface area contributed by atoms with Gasteiger partial charge in [0.15, 0.2) is 5.15 Å². The van der Waals surface area contributed by atoms with Gasteiger partial charge in [0, 0.05) is 32.4 Å². The van der Waals surface area contributed by atoms with Crippen molar-refractivity contribution in [3.05, 3.63) is 88.0 Å². The zero-order valence-electron chi connectivity index (χ0n) is 23.2. The molecule has 2 aromatic carbocycles. The number of nitrogens with zero attached hydrogens (tertiary/aromatic N) is 3. The van der Waals surface area contributed by atoms with Crippen LogP contribution in [0.15, 0.2) is 54.6 Å². The van der Waals surface area contributed by atoms with E-state index in [9.17, 15) is 14.7 Å². The fourth-order valence-electron chi connectivity index (χ4n) is 4.64. The van der Waals surface area contributed by atoms with Crippen molar-refractivity contribution >= 4 is 23.5 Å². The first kappa shape index (κ1) is 30.4. The predicted octanol–water partition coefficient (Wildman–Crippen LogP) is 5.72. The molecule has 0 aliphatic rings. The van der Waals surface area contributed by atoms with Gasteiger partial charge >= 0.3 is 5.97 Å². The molecule has 0 aliphatic heterocycles. The maximum Gasteiger partial charge on any atom is 0.328 e. The topological polar surface area (TPSA) is 84.7 Å². The lowest BCUT2D eigenvalue weighted by molar-refractivity contribution is -0.153. The number of carbonyl (C=O) groups excluding carboxylic acids is 2. The second-order valence-electron chi connectivity index (χ2n) is 9.78. The summed E-state index contributed by atoms with van der Waals surface area (Å²) in [5.41, 5.74) is 3.52. The number of imidazole rings is 1. The summed E-state index contributed by atoms with van der Waals surface area (Å²) in [5.74, 6) is 0.381. The van der Waals surface area contributed by atoms with Gasteiger partial charge in [-0.05, 0) is 29.5 Å². The lowest BCUT2D eigenvalue weighted by atomic mass is 10.0. The summed E-state index contributed by atoms with van der Waals surface area (Å²) in [6.45, 7) is 4.83. The van der Waals surface area contributed by atoms with Gasteiger partial charge in [0.2, 0.25) is 5.91 Å². The molecule has 1 heterocycles. The van der Waals surface area contributed by atoms with Crippen molar-refractivity contribution in [3.63, 3.8) is 0 Å². The highest BCUT2D eigenvalue weighted by Crippen LogP contribution is 2.22. The van der Waals surface area contributed by atoms with Gasteiger partial charge in [0.25, 0.3) is 0 Å². The van der Waals surface area contributed by atoms with E-state index in [0.29, 0.717) is 36.8 Å². The lowest BCUT2D eigenvalue weighted by Gasteiger charge is -2.30. The largest absolute Gasteiger partial charge is 0.467 e. The van der Waals surface area contributed by atoms with Crippen molar-refractivity contribution in [1.82, 2.24) is 14.5 Å². The number of aliphatic hydroxyl groups excluding tert-OH is 1. The molecule has 210 valence electrons. The van der Waals surface area contributed by atoms with Crippen LogP contribution in [0.1, 0.15) is 74.2 Å². The molecule has 0 fully saturated rings. The Kier molecular flexibility index (Phi) is 12.0.